The molecule has 0 fully saturated rings. The van der Waals surface area contributed by atoms with Crippen molar-refractivity contribution in [3.05, 3.63) is 71.8 Å². The number of ether oxygens (including phenoxy) is 1. The van der Waals surface area contributed by atoms with Crippen LogP contribution in [-0.4, -0.2) is 33.4 Å². The molecular formula is C22H22N2O5S. The Balaban J connectivity index is 1.52. The maximum absolute atomic E-state index is 12.3. The van der Waals surface area contributed by atoms with Gasteiger partial charge in [-0.2, -0.15) is 4.72 Å². The number of hydrogen-bond donors (Lipinski definition) is 2. The molecule has 0 spiro atoms. The average molecular weight is 426 g/mol. The number of fused-ring (bicyclic) bond motifs is 1. The van der Waals surface area contributed by atoms with Crippen molar-refractivity contribution in [2.75, 3.05) is 18.5 Å². The monoisotopic (exact) mass is 426 g/mol. The first kappa shape index (κ1) is 21.5. The van der Waals surface area contributed by atoms with Gasteiger partial charge in [-0.25, -0.2) is 8.42 Å². The summed E-state index contributed by atoms with van der Waals surface area (Å²) < 4.78 is 31.7. The van der Waals surface area contributed by atoms with Crippen LogP contribution in [0, 0.1) is 13.8 Å². The summed E-state index contributed by atoms with van der Waals surface area (Å²) in [7, 11) is -3.86. The van der Waals surface area contributed by atoms with E-state index in [1.807, 2.05) is 43.3 Å². The fourth-order valence-corrected chi connectivity index (χ4v) is 3.89. The van der Waals surface area contributed by atoms with E-state index in [1.165, 1.54) is 12.1 Å². The summed E-state index contributed by atoms with van der Waals surface area (Å²) in [6.45, 7) is 2.58. The third-order valence-electron chi connectivity index (χ3n) is 4.62. The van der Waals surface area contributed by atoms with Crippen molar-refractivity contribution in [2.45, 2.75) is 18.7 Å². The Labute approximate surface area is 175 Å². The number of hydrogen-bond acceptors (Lipinski definition) is 5. The van der Waals surface area contributed by atoms with Crippen LogP contribution >= 0.6 is 0 Å². The average Bonchev–Trinajstić information content (AvgIpc) is 2.73. The van der Waals surface area contributed by atoms with Crippen molar-refractivity contribution >= 4 is 38.4 Å². The Morgan fingerprint density at radius 3 is 2.43 bits per heavy atom. The molecule has 0 aromatic heterocycles. The highest BCUT2D eigenvalue weighted by Crippen LogP contribution is 2.22. The van der Waals surface area contributed by atoms with E-state index in [4.69, 9.17) is 4.74 Å². The zero-order valence-corrected chi connectivity index (χ0v) is 17.5. The lowest BCUT2D eigenvalue weighted by Gasteiger charge is -2.10. The second-order valence-corrected chi connectivity index (χ2v) is 8.57. The minimum Gasteiger partial charge on any atom is -0.455 e. The smallest absolute Gasteiger partial charge is 0.321 e. The number of nitrogens with one attached hydrogen (secondary N) is 2. The van der Waals surface area contributed by atoms with Crippen LogP contribution in [0.4, 0.5) is 5.69 Å². The molecule has 2 N–H and O–H groups in total. The zero-order valence-electron chi connectivity index (χ0n) is 16.6. The molecule has 0 saturated heterocycles. The van der Waals surface area contributed by atoms with Crippen molar-refractivity contribution in [1.29, 1.82) is 0 Å². The fraction of sp³-hybridized carbons (Fsp3) is 0.182. The van der Waals surface area contributed by atoms with Gasteiger partial charge in [0, 0.05) is 11.1 Å². The maximum atomic E-state index is 12.3. The van der Waals surface area contributed by atoms with Crippen LogP contribution in [0.3, 0.4) is 0 Å². The maximum Gasteiger partial charge on any atom is 0.321 e. The summed E-state index contributed by atoms with van der Waals surface area (Å²) >= 11 is 0. The molecule has 0 atom stereocenters. The second-order valence-electron chi connectivity index (χ2n) is 6.81. The number of carbonyl (C=O) groups excluding carboxylic acids is 2. The van der Waals surface area contributed by atoms with Gasteiger partial charge in [-0.15, -0.1) is 0 Å². The van der Waals surface area contributed by atoms with Crippen LogP contribution in [0.5, 0.6) is 0 Å². The molecule has 30 heavy (non-hydrogen) atoms. The van der Waals surface area contributed by atoms with Crippen LogP contribution in [0.25, 0.3) is 10.8 Å². The Morgan fingerprint density at radius 1 is 0.933 bits per heavy atom. The molecule has 8 heteroatoms. The molecule has 0 aliphatic carbocycles. The quantitative estimate of drug-likeness (QED) is 0.566. The molecule has 7 nitrogen and oxygen atoms in total. The topological polar surface area (TPSA) is 102 Å². The molecule has 0 saturated carbocycles. The van der Waals surface area contributed by atoms with E-state index in [9.17, 15) is 18.0 Å². The van der Waals surface area contributed by atoms with Gasteiger partial charge < -0.3 is 10.1 Å². The molecule has 0 radical (unpaired) electrons. The molecule has 0 aliphatic rings. The van der Waals surface area contributed by atoms with Crippen LogP contribution in [0.2, 0.25) is 0 Å². The Morgan fingerprint density at radius 2 is 1.67 bits per heavy atom. The number of benzene rings is 3. The Bertz CT molecular complexity index is 1200. The number of sulfonamides is 1. The SMILES string of the molecule is Cc1ccc(S(=O)(=O)NCC(=O)OCC(=O)Nc2cccc3ccccc23)cc1C. The van der Waals surface area contributed by atoms with E-state index in [-0.39, 0.29) is 4.90 Å². The lowest BCUT2D eigenvalue weighted by molar-refractivity contribution is -0.146. The van der Waals surface area contributed by atoms with Crippen molar-refractivity contribution in [3.63, 3.8) is 0 Å². The second kappa shape index (κ2) is 9.06. The summed E-state index contributed by atoms with van der Waals surface area (Å²) in [6, 6.07) is 17.7. The lowest BCUT2D eigenvalue weighted by Crippen LogP contribution is -2.32. The fourth-order valence-electron chi connectivity index (χ4n) is 2.84. The number of amides is 1. The van der Waals surface area contributed by atoms with E-state index in [0.717, 1.165) is 21.9 Å². The number of aryl methyl sites for hydroxylation is 2. The molecule has 3 aromatic rings. The predicted molar refractivity (Wildman–Crippen MR) is 115 cm³/mol. The van der Waals surface area contributed by atoms with E-state index in [0.29, 0.717) is 5.69 Å². The highest BCUT2D eigenvalue weighted by Gasteiger charge is 2.17. The first-order chi connectivity index (χ1) is 14.3. The number of carbonyl (C=O) groups is 2. The van der Waals surface area contributed by atoms with Gasteiger partial charge in [0.25, 0.3) is 5.91 Å². The standard InChI is InChI=1S/C22H22N2O5S/c1-15-10-11-18(12-16(15)2)30(27,28)23-13-22(26)29-14-21(25)24-20-9-5-7-17-6-3-4-8-19(17)20/h3-12,23H,13-14H2,1-2H3,(H,24,25). The third kappa shape index (κ3) is 5.22. The van der Waals surface area contributed by atoms with Crippen molar-refractivity contribution in [2.24, 2.45) is 0 Å². The Hall–Kier alpha value is -3.23. The van der Waals surface area contributed by atoms with Gasteiger partial charge in [-0.1, -0.05) is 42.5 Å². The molecule has 1 amide bonds. The number of rotatable bonds is 7. The minimum atomic E-state index is -3.86. The molecule has 0 unspecified atom stereocenters. The van der Waals surface area contributed by atoms with E-state index in [2.05, 4.69) is 10.0 Å². The number of anilines is 1. The van der Waals surface area contributed by atoms with E-state index in [1.54, 1.807) is 19.1 Å². The van der Waals surface area contributed by atoms with Crippen LogP contribution in [0.15, 0.2) is 65.6 Å². The van der Waals surface area contributed by atoms with E-state index >= 15 is 0 Å². The van der Waals surface area contributed by atoms with Gasteiger partial charge >= 0.3 is 5.97 Å². The van der Waals surface area contributed by atoms with Crippen molar-refractivity contribution in [3.8, 4) is 0 Å². The zero-order chi connectivity index (χ0) is 21.7. The number of esters is 1. The Kier molecular flexibility index (Phi) is 6.49. The normalized spacial score (nSPS) is 11.3. The van der Waals surface area contributed by atoms with Crippen LogP contribution in [0.1, 0.15) is 11.1 Å². The third-order valence-corrected chi connectivity index (χ3v) is 6.02. The predicted octanol–water partition coefficient (Wildman–Crippen LogP) is 2.92. The molecular weight excluding hydrogens is 404 g/mol. The van der Waals surface area contributed by atoms with Gasteiger partial charge in [0.05, 0.1) is 4.90 Å². The van der Waals surface area contributed by atoms with Gasteiger partial charge in [0.1, 0.15) is 6.54 Å². The lowest BCUT2D eigenvalue weighted by atomic mass is 10.1. The molecule has 3 aromatic carbocycles. The molecule has 0 heterocycles. The van der Waals surface area contributed by atoms with Gasteiger partial charge in [0.2, 0.25) is 10.0 Å². The first-order valence-corrected chi connectivity index (χ1v) is 10.7. The van der Waals surface area contributed by atoms with Gasteiger partial charge in [0.15, 0.2) is 6.61 Å². The molecule has 0 bridgehead atoms. The summed E-state index contributed by atoms with van der Waals surface area (Å²) in [5.74, 6) is -1.37. The summed E-state index contributed by atoms with van der Waals surface area (Å²) in [5.41, 5.74) is 2.39. The van der Waals surface area contributed by atoms with Gasteiger partial charge in [-0.05, 0) is 48.6 Å². The summed E-state index contributed by atoms with van der Waals surface area (Å²) in [5, 5.41) is 4.52. The first-order valence-electron chi connectivity index (χ1n) is 9.26. The van der Waals surface area contributed by atoms with Crippen molar-refractivity contribution < 1.29 is 22.7 Å². The van der Waals surface area contributed by atoms with Crippen molar-refractivity contribution in [1.82, 2.24) is 4.72 Å². The molecule has 3 rings (SSSR count). The molecule has 156 valence electrons. The van der Waals surface area contributed by atoms with E-state index < -0.39 is 35.1 Å². The molecule has 0 aliphatic heterocycles. The highest BCUT2D eigenvalue weighted by atomic mass is 32.2. The van der Waals surface area contributed by atoms with Crippen LogP contribution in [-0.2, 0) is 24.3 Å². The largest absolute Gasteiger partial charge is 0.455 e. The van der Waals surface area contributed by atoms with Crippen LogP contribution < -0.4 is 10.0 Å². The highest BCUT2D eigenvalue weighted by molar-refractivity contribution is 7.89. The summed E-state index contributed by atoms with van der Waals surface area (Å²) in [4.78, 5) is 24.1. The minimum absolute atomic E-state index is 0.0621. The summed E-state index contributed by atoms with van der Waals surface area (Å²) in [6.07, 6.45) is 0. The van der Waals surface area contributed by atoms with Gasteiger partial charge in [-0.3, -0.25) is 9.59 Å².